The van der Waals surface area contributed by atoms with Gasteiger partial charge in [-0.25, -0.2) is 4.79 Å². The van der Waals surface area contributed by atoms with Crippen molar-refractivity contribution in [3.8, 4) is 0 Å². The van der Waals surface area contributed by atoms with Gasteiger partial charge < -0.3 is 29.2 Å². The van der Waals surface area contributed by atoms with E-state index in [9.17, 15) is 15.0 Å². The van der Waals surface area contributed by atoms with Crippen molar-refractivity contribution in [2.45, 2.75) is 37.3 Å². The lowest BCUT2D eigenvalue weighted by Gasteiger charge is -2.40. The summed E-state index contributed by atoms with van der Waals surface area (Å²) in [5.74, 6) is -0.703. The Labute approximate surface area is 128 Å². The van der Waals surface area contributed by atoms with Crippen molar-refractivity contribution < 1.29 is 34.0 Å². The summed E-state index contributed by atoms with van der Waals surface area (Å²) in [6.45, 7) is 0.167. The van der Waals surface area contributed by atoms with Crippen molar-refractivity contribution in [2.24, 2.45) is 0 Å². The zero-order valence-corrected chi connectivity index (χ0v) is 12.4. The summed E-state index contributed by atoms with van der Waals surface area (Å²) < 4.78 is 20.5. The molecule has 0 spiro atoms. The molecule has 22 heavy (non-hydrogen) atoms. The summed E-state index contributed by atoms with van der Waals surface area (Å²) in [5.41, 5.74) is 0.872. The molecule has 2 N–H and O–H groups in total. The quantitative estimate of drug-likeness (QED) is 0.729. The fourth-order valence-corrected chi connectivity index (χ4v) is 2.30. The smallest absolute Gasteiger partial charge is 0.337 e. The molecule has 1 aromatic rings. The molecule has 7 heteroatoms. The van der Waals surface area contributed by atoms with Crippen LogP contribution in [0.5, 0.6) is 0 Å². The number of carbonyl (C=O) groups is 1. The minimum absolute atomic E-state index is 0.167. The van der Waals surface area contributed by atoms with Crippen molar-refractivity contribution in [1.29, 1.82) is 0 Å². The molecule has 1 aliphatic rings. The second-order valence-corrected chi connectivity index (χ2v) is 4.93. The number of ether oxygens (including phenoxy) is 4. The van der Waals surface area contributed by atoms with Gasteiger partial charge in [-0.15, -0.1) is 0 Å². The number of benzene rings is 1. The first kappa shape index (κ1) is 16.9. The van der Waals surface area contributed by atoms with E-state index in [1.54, 1.807) is 0 Å². The van der Waals surface area contributed by atoms with Crippen LogP contribution in [0.3, 0.4) is 0 Å². The number of methoxy groups -OCH3 is 2. The largest absolute Gasteiger partial charge is 0.467 e. The first-order valence-corrected chi connectivity index (χ1v) is 6.86. The Morgan fingerprint density at radius 2 is 1.86 bits per heavy atom. The van der Waals surface area contributed by atoms with Crippen molar-refractivity contribution in [3.63, 3.8) is 0 Å². The number of esters is 1. The van der Waals surface area contributed by atoms with Crippen LogP contribution in [0.15, 0.2) is 30.3 Å². The fourth-order valence-electron chi connectivity index (χ4n) is 2.30. The molecular formula is C15H20O7. The van der Waals surface area contributed by atoms with Crippen LogP contribution in [0.1, 0.15) is 5.56 Å². The molecule has 1 aliphatic heterocycles. The zero-order chi connectivity index (χ0) is 16.1. The molecule has 2 rings (SSSR count). The van der Waals surface area contributed by atoms with E-state index in [1.807, 2.05) is 30.3 Å². The first-order valence-electron chi connectivity index (χ1n) is 6.86. The lowest BCUT2D eigenvalue weighted by Crippen LogP contribution is -2.61. The Morgan fingerprint density at radius 1 is 1.18 bits per heavy atom. The van der Waals surface area contributed by atoms with E-state index in [0.29, 0.717) is 0 Å². The molecular weight excluding hydrogens is 292 g/mol. The van der Waals surface area contributed by atoms with Crippen LogP contribution in [0.4, 0.5) is 0 Å². The summed E-state index contributed by atoms with van der Waals surface area (Å²) in [7, 11) is 2.51. The molecule has 1 heterocycles. The van der Waals surface area contributed by atoms with E-state index in [2.05, 4.69) is 4.74 Å². The lowest BCUT2D eigenvalue weighted by atomic mass is 9.98. The molecule has 0 amide bonds. The summed E-state index contributed by atoms with van der Waals surface area (Å²) >= 11 is 0. The molecule has 1 aromatic carbocycles. The van der Waals surface area contributed by atoms with Gasteiger partial charge in [0.15, 0.2) is 12.4 Å². The highest BCUT2D eigenvalue weighted by atomic mass is 16.7. The Kier molecular flexibility index (Phi) is 5.87. The maximum absolute atomic E-state index is 11.7. The van der Waals surface area contributed by atoms with E-state index in [1.165, 1.54) is 14.2 Å². The third-order valence-corrected chi connectivity index (χ3v) is 3.51. The predicted molar refractivity (Wildman–Crippen MR) is 74.7 cm³/mol. The van der Waals surface area contributed by atoms with Crippen LogP contribution in [-0.4, -0.2) is 61.1 Å². The molecule has 0 aromatic heterocycles. The summed E-state index contributed by atoms with van der Waals surface area (Å²) in [6.07, 6.45) is -6.03. The highest BCUT2D eigenvalue weighted by Crippen LogP contribution is 2.25. The van der Waals surface area contributed by atoms with Crippen molar-refractivity contribution >= 4 is 5.97 Å². The van der Waals surface area contributed by atoms with Crippen molar-refractivity contribution in [2.75, 3.05) is 14.2 Å². The molecule has 0 aliphatic carbocycles. The molecule has 5 atom stereocenters. The van der Waals surface area contributed by atoms with Crippen molar-refractivity contribution in [3.05, 3.63) is 35.9 Å². The molecule has 7 nitrogen and oxygen atoms in total. The molecule has 1 saturated heterocycles. The predicted octanol–water partition coefficient (Wildman–Crippen LogP) is -0.162. The molecule has 0 saturated carbocycles. The van der Waals surface area contributed by atoms with Crippen LogP contribution >= 0.6 is 0 Å². The van der Waals surface area contributed by atoms with Crippen molar-refractivity contribution in [1.82, 2.24) is 0 Å². The van der Waals surface area contributed by atoms with E-state index in [0.717, 1.165) is 5.56 Å². The van der Waals surface area contributed by atoms with Gasteiger partial charge in [0.25, 0.3) is 0 Å². The number of hydrogen-bond acceptors (Lipinski definition) is 7. The number of aliphatic hydroxyl groups is 2. The van der Waals surface area contributed by atoms with Crippen LogP contribution in [-0.2, 0) is 30.3 Å². The third-order valence-electron chi connectivity index (χ3n) is 3.51. The first-order chi connectivity index (χ1) is 10.6. The third kappa shape index (κ3) is 3.63. The summed E-state index contributed by atoms with van der Waals surface area (Å²) in [6, 6.07) is 9.27. The minimum Gasteiger partial charge on any atom is -0.467 e. The standard InChI is InChI=1S/C15H20O7/c1-19-12-10(16)11(17)15(22-13(12)14(18)20-2)21-8-9-6-4-3-5-7-9/h3-7,10-13,15-17H,8H2,1-2H3/t10-,11-,12+,13+,15+/m1/s1. The second kappa shape index (κ2) is 7.66. The second-order valence-electron chi connectivity index (χ2n) is 4.93. The summed E-state index contributed by atoms with van der Waals surface area (Å²) in [5, 5.41) is 20.1. The molecule has 0 radical (unpaired) electrons. The molecule has 0 bridgehead atoms. The topological polar surface area (TPSA) is 94.5 Å². The molecule has 1 fully saturated rings. The fraction of sp³-hybridized carbons (Fsp3) is 0.533. The zero-order valence-electron chi connectivity index (χ0n) is 12.4. The molecule has 122 valence electrons. The maximum Gasteiger partial charge on any atom is 0.337 e. The van der Waals surface area contributed by atoms with Gasteiger partial charge in [0, 0.05) is 7.11 Å². The molecule has 0 unspecified atom stereocenters. The van der Waals surface area contributed by atoms with Gasteiger partial charge in [-0.3, -0.25) is 0 Å². The minimum atomic E-state index is -1.34. The van der Waals surface area contributed by atoms with Crippen LogP contribution in [0.2, 0.25) is 0 Å². The van der Waals surface area contributed by atoms with E-state index < -0.39 is 36.7 Å². The van der Waals surface area contributed by atoms with Gasteiger partial charge in [0.2, 0.25) is 0 Å². The van der Waals surface area contributed by atoms with Crippen LogP contribution in [0.25, 0.3) is 0 Å². The van der Waals surface area contributed by atoms with Gasteiger partial charge in [-0.1, -0.05) is 30.3 Å². The number of aliphatic hydroxyl groups excluding tert-OH is 2. The van der Waals surface area contributed by atoms with Gasteiger partial charge >= 0.3 is 5.97 Å². The van der Waals surface area contributed by atoms with Crippen LogP contribution in [0, 0.1) is 0 Å². The Balaban J connectivity index is 2.05. The monoisotopic (exact) mass is 312 g/mol. The highest BCUT2D eigenvalue weighted by molar-refractivity contribution is 5.75. The maximum atomic E-state index is 11.7. The number of hydrogen-bond donors (Lipinski definition) is 2. The van der Waals surface area contributed by atoms with E-state index in [-0.39, 0.29) is 6.61 Å². The normalized spacial score (nSPS) is 31.7. The SMILES string of the molecule is COC(=O)[C@H]1O[C@H](OCc2ccccc2)[C@H](O)[C@@H](O)[C@@H]1OC. The Bertz CT molecular complexity index is 478. The highest BCUT2D eigenvalue weighted by Gasteiger charge is 2.48. The van der Waals surface area contributed by atoms with Crippen LogP contribution < -0.4 is 0 Å². The van der Waals surface area contributed by atoms with E-state index >= 15 is 0 Å². The Morgan fingerprint density at radius 3 is 2.45 bits per heavy atom. The number of rotatable bonds is 5. The van der Waals surface area contributed by atoms with Gasteiger partial charge in [0.05, 0.1) is 13.7 Å². The van der Waals surface area contributed by atoms with Gasteiger partial charge in [0.1, 0.15) is 18.3 Å². The lowest BCUT2D eigenvalue weighted by molar-refractivity contribution is -0.300. The van der Waals surface area contributed by atoms with Gasteiger partial charge in [-0.2, -0.15) is 0 Å². The number of carbonyl (C=O) groups excluding carboxylic acids is 1. The average Bonchev–Trinajstić information content (AvgIpc) is 2.56. The van der Waals surface area contributed by atoms with E-state index in [4.69, 9.17) is 14.2 Å². The summed E-state index contributed by atoms with van der Waals surface area (Å²) in [4.78, 5) is 11.7. The Hall–Kier alpha value is -1.51. The average molecular weight is 312 g/mol. The van der Waals surface area contributed by atoms with Gasteiger partial charge in [-0.05, 0) is 5.56 Å².